The summed E-state index contributed by atoms with van der Waals surface area (Å²) in [5, 5.41) is 8.45. The van der Waals surface area contributed by atoms with E-state index >= 15 is 0 Å². The summed E-state index contributed by atoms with van der Waals surface area (Å²) in [6.07, 6.45) is -0.849. The average molecular weight is 156 g/mol. The van der Waals surface area contributed by atoms with Gasteiger partial charge < -0.3 is 14.9 Å². The summed E-state index contributed by atoms with van der Waals surface area (Å²) >= 11 is 0. The fraction of sp³-hybridized carbons (Fsp3) is 1.00. The van der Waals surface area contributed by atoms with Gasteiger partial charge in [0.25, 0.3) is 0 Å². The molecule has 0 radical (unpaired) electrons. The molecule has 0 rings (SSSR count). The van der Waals surface area contributed by atoms with Gasteiger partial charge in [-0.25, -0.2) is 4.57 Å². The Balaban J connectivity index is 3.40. The molecule has 0 aromatic rings. The van der Waals surface area contributed by atoms with Crippen molar-refractivity contribution in [3.63, 3.8) is 0 Å². The van der Waals surface area contributed by atoms with Crippen molar-refractivity contribution in [2.75, 3.05) is 6.61 Å². The van der Waals surface area contributed by atoms with Gasteiger partial charge in [0.2, 0.25) is 0 Å². The van der Waals surface area contributed by atoms with E-state index in [0.29, 0.717) is 0 Å². The molecule has 0 aliphatic rings. The molecule has 0 spiro atoms. The molecule has 5 nitrogen and oxygen atoms in total. The van der Waals surface area contributed by atoms with Gasteiger partial charge in [-0.15, -0.1) is 0 Å². The molecule has 3 N–H and O–H groups in total. The highest BCUT2D eigenvalue weighted by Crippen LogP contribution is 2.35. The van der Waals surface area contributed by atoms with Crippen molar-refractivity contribution in [1.82, 2.24) is 0 Å². The topological polar surface area (TPSA) is 87.0 Å². The predicted octanol–water partition coefficient (Wildman–Crippen LogP) is -0.524. The SMILES string of the molecule is C[C@H](O)COP(=O)(O)O. The van der Waals surface area contributed by atoms with Gasteiger partial charge in [0.15, 0.2) is 0 Å². The average Bonchev–Trinajstić information content (AvgIpc) is 1.59. The first-order chi connectivity index (χ1) is 3.92. The van der Waals surface area contributed by atoms with Crippen LogP contribution in [0.5, 0.6) is 0 Å². The van der Waals surface area contributed by atoms with Gasteiger partial charge in [-0.2, -0.15) is 0 Å². The largest absolute Gasteiger partial charge is 0.469 e. The molecule has 0 unspecified atom stereocenters. The predicted molar refractivity (Wildman–Crippen MR) is 29.7 cm³/mol. The Morgan fingerprint density at radius 1 is 1.67 bits per heavy atom. The smallest absolute Gasteiger partial charge is 0.391 e. The zero-order chi connectivity index (χ0) is 7.49. The van der Waals surface area contributed by atoms with Crippen molar-refractivity contribution in [3.05, 3.63) is 0 Å². The lowest BCUT2D eigenvalue weighted by Crippen LogP contribution is -2.08. The molecule has 0 amide bonds. The van der Waals surface area contributed by atoms with Crippen molar-refractivity contribution >= 4 is 7.82 Å². The summed E-state index contributed by atoms with van der Waals surface area (Å²) in [5.41, 5.74) is 0. The highest BCUT2D eigenvalue weighted by molar-refractivity contribution is 7.46. The van der Waals surface area contributed by atoms with Crippen molar-refractivity contribution in [2.24, 2.45) is 0 Å². The second-order valence-corrected chi connectivity index (χ2v) is 2.87. The third kappa shape index (κ3) is 8.07. The van der Waals surface area contributed by atoms with E-state index in [1.54, 1.807) is 0 Å². The summed E-state index contributed by atoms with van der Waals surface area (Å²) in [5.74, 6) is 0. The Morgan fingerprint density at radius 2 is 2.11 bits per heavy atom. The summed E-state index contributed by atoms with van der Waals surface area (Å²) in [6, 6.07) is 0. The first-order valence-corrected chi connectivity index (χ1v) is 3.83. The number of rotatable bonds is 3. The molecule has 0 aliphatic carbocycles. The second kappa shape index (κ2) is 3.29. The van der Waals surface area contributed by atoms with E-state index in [-0.39, 0.29) is 6.61 Å². The molecule has 0 aromatic carbocycles. The van der Waals surface area contributed by atoms with Gasteiger partial charge in [0.1, 0.15) is 0 Å². The summed E-state index contributed by atoms with van der Waals surface area (Å²) in [4.78, 5) is 16.1. The van der Waals surface area contributed by atoms with Gasteiger partial charge in [-0.05, 0) is 6.92 Å². The molecule has 0 aromatic heterocycles. The molecule has 9 heavy (non-hydrogen) atoms. The Kier molecular flexibility index (Phi) is 3.32. The van der Waals surface area contributed by atoms with Crippen LogP contribution in [0.15, 0.2) is 0 Å². The number of aliphatic hydroxyl groups is 1. The summed E-state index contributed by atoms with van der Waals surface area (Å²) in [7, 11) is -4.38. The molecule has 0 saturated carbocycles. The Morgan fingerprint density at radius 3 is 2.22 bits per heavy atom. The molecule has 6 heteroatoms. The minimum absolute atomic E-state index is 0.343. The quantitative estimate of drug-likeness (QED) is 0.478. The highest BCUT2D eigenvalue weighted by atomic mass is 31.2. The molecule has 0 bridgehead atoms. The minimum Gasteiger partial charge on any atom is -0.391 e. The van der Waals surface area contributed by atoms with Gasteiger partial charge in [-0.1, -0.05) is 0 Å². The van der Waals surface area contributed by atoms with E-state index in [1.807, 2.05) is 0 Å². The van der Waals surface area contributed by atoms with Crippen molar-refractivity contribution in [3.8, 4) is 0 Å². The van der Waals surface area contributed by atoms with E-state index in [1.165, 1.54) is 6.92 Å². The number of hydrogen-bond donors (Lipinski definition) is 3. The fourth-order valence-corrected chi connectivity index (χ4v) is 0.615. The molecule has 0 aliphatic heterocycles. The van der Waals surface area contributed by atoms with E-state index in [0.717, 1.165) is 0 Å². The summed E-state index contributed by atoms with van der Waals surface area (Å²) in [6.45, 7) is 1.03. The maximum atomic E-state index is 9.90. The first kappa shape index (κ1) is 9.07. The number of phosphoric acid groups is 1. The van der Waals surface area contributed by atoms with Gasteiger partial charge in [-0.3, -0.25) is 4.52 Å². The van der Waals surface area contributed by atoms with Crippen LogP contribution in [0.25, 0.3) is 0 Å². The number of phosphoric ester groups is 1. The van der Waals surface area contributed by atoms with Crippen LogP contribution in [0.3, 0.4) is 0 Å². The van der Waals surface area contributed by atoms with Crippen LogP contribution in [-0.4, -0.2) is 27.6 Å². The molecule has 0 saturated heterocycles. The van der Waals surface area contributed by atoms with Crippen LogP contribution in [-0.2, 0) is 9.09 Å². The Labute approximate surface area is 52.5 Å². The lowest BCUT2D eigenvalue weighted by atomic mass is 10.5. The van der Waals surface area contributed by atoms with Crippen molar-refractivity contribution in [2.45, 2.75) is 13.0 Å². The van der Waals surface area contributed by atoms with Gasteiger partial charge in [0.05, 0.1) is 12.7 Å². The first-order valence-electron chi connectivity index (χ1n) is 2.30. The molecular weight excluding hydrogens is 147 g/mol. The van der Waals surface area contributed by atoms with Crippen LogP contribution < -0.4 is 0 Å². The molecular formula is C3H9O5P. The maximum Gasteiger partial charge on any atom is 0.469 e. The summed E-state index contributed by atoms with van der Waals surface area (Å²) < 4.78 is 13.8. The van der Waals surface area contributed by atoms with Gasteiger partial charge in [0, 0.05) is 0 Å². The Hall–Kier alpha value is 0.0700. The van der Waals surface area contributed by atoms with Crippen LogP contribution >= 0.6 is 7.82 Å². The lowest BCUT2D eigenvalue weighted by molar-refractivity contribution is 0.0969. The van der Waals surface area contributed by atoms with Crippen LogP contribution in [0.2, 0.25) is 0 Å². The number of hydrogen-bond acceptors (Lipinski definition) is 3. The maximum absolute atomic E-state index is 9.90. The monoisotopic (exact) mass is 156 g/mol. The molecule has 0 fully saturated rings. The standard InChI is InChI=1S/C3H9O5P/c1-3(4)2-8-9(5,6)7/h3-4H,2H2,1H3,(H2,5,6,7)/t3-/m0/s1. The van der Waals surface area contributed by atoms with E-state index in [4.69, 9.17) is 14.9 Å². The van der Waals surface area contributed by atoms with Crippen molar-refractivity contribution in [1.29, 1.82) is 0 Å². The Bertz CT molecular complexity index is 115. The lowest BCUT2D eigenvalue weighted by Gasteiger charge is -2.05. The zero-order valence-corrected chi connectivity index (χ0v) is 5.78. The molecule has 1 atom stereocenters. The van der Waals surface area contributed by atoms with E-state index < -0.39 is 13.9 Å². The highest BCUT2D eigenvalue weighted by Gasteiger charge is 2.14. The van der Waals surface area contributed by atoms with Crippen LogP contribution in [0.1, 0.15) is 6.92 Å². The minimum atomic E-state index is -4.38. The normalized spacial score (nSPS) is 15.6. The van der Waals surface area contributed by atoms with Crippen molar-refractivity contribution < 1.29 is 24.0 Å². The third-order valence-electron chi connectivity index (χ3n) is 0.484. The third-order valence-corrected chi connectivity index (χ3v) is 0.969. The van der Waals surface area contributed by atoms with Crippen LogP contribution in [0.4, 0.5) is 0 Å². The second-order valence-electron chi connectivity index (χ2n) is 1.64. The zero-order valence-electron chi connectivity index (χ0n) is 4.89. The van der Waals surface area contributed by atoms with Gasteiger partial charge >= 0.3 is 7.82 Å². The van der Waals surface area contributed by atoms with Crippen LogP contribution in [0, 0.1) is 0 Å². The molecule has 0 heterocycles. The molecule has 56 valence electrons. The fourth-order valence-electron chi connectivity index (χ4n) is 0.205. The number of aliphatic hydroxyl groups excluding tert-OH is 1. The van der Waals surface area contributed by atoms with E-state index in [9.17, 15) is 4.57 Å². The van der Waals surface area contributed by atoms with E-state index in [2.05, 4.69) is 4.52 Å².